The minimum atomic E-state index is -3.68. The van der Waals surface area contributed by atoms with E-state index in [0.717, 1.165) is 12.2 Å². The van der Waals surface area contributed by atoms with E-state index in [0.29, 0.717) is 17.8 Å². The molecule has 114 valence electrons. The van der Waals surface area contributed by atoms with Gasteiger partial charge in [-0.05, 0) is 43.3 Å². The smallest absolute Gasteiger partial charge is 0.263 e. The van der Waals surface area contributed by atoms with Crippen LogP contribution in [0.3, 0.4) is 0 Å². The summed E-state index contributed by atoms with van der Waals surface area (Å²) < 4.78 is 40.1. The molecule has 0 unspecified atom stereocenters. The van der Waals surface area contributed by atoms with E-state index < -0.39 is 10.0 Å². The fraction of sp³-hybridized carbons (Fsp3) is 0.286. The largest absolute Gasteiger partial charge is 0.363 e. The highest BCUT2D eigenvalue weighted by Crippen LogP contribution is 2.19. The molecule has 0 atom stereocenters. The number of H-pyrrole nitrogens is 1. The zero-order valence-corrected chi connectivity index (χ0v) is 12.7. The minimum absolute atomic E-state index is 0.150. The predicted octanol–water partition coefficient (Wildman–Crippen LogP) is 2.37. The lowest BCUT2D eigenvalue weighted by molar-refractivity contribution is 0.601. The maximum atomic E-state index is 13.2. The molecule has 0 aliphatic carbocycles. The zero-order valence-electron chi connectivity index (χ0n) is 11.9. The monoisotopic (exact) mass is 311 g/mol. The SMILES string of the molecule is CCNCc1cc(S(=O)(=O)Nc2ccc(F)c(C)c2)c[nH]1. The van der Waals surface area contributed by atoms with Crippen molar-refractivity contribution in [3.8, 4) is 0 Å². The van der Waals surface area contributed by atoms with Crippen LogP contribution in [-0.2, 0) is 16.6 Å². The van der Waals surface area contributed by atoms with Crippen molar-refractivity contribution in [1.29, 1.82) is 0 Å². The molecular formula is C14H18FN3O2S. The topological polar surface area (TPSA) is 74.0 Å². The van der Waals surface area contributed by atoms with E-state index >= 15 is 0 Å². The van der Waals surface area contributed by atoms with Gasteiger partial charge in [-0.25, -0.2) is 12.8 Å². The molecule has 0 fully saturated rings. The summed E-state index contributed by atoms with van der Waals surface area (Å²) in [5.74, 6) is -0.368. The number of benzene rings is 1. The molecule has 1 heterocycles. The number of nitrogens with one attached hydrogen (secondary N) is 3. The summed E-state index contributed by atoms with van der Waals surface area (Å²) in [5.41, 5.74) is 1.51. The Morgan fingerprint density at radius 1 is 1.29 bits per heavy atom. The molecule has 2 aromatic rings. The van der Waals surface area contributed by atoms with Crippen molar-refractivity contribution in [1.82, 2.24) is 10.3 Å². The standard InChI is InChI=1S/C14H18FN3O2S/c1-3-16-8-12-7-13(9-17-12)21(19,20)18-11-4-5-14(15)10(2)6-11/h4-7,9,16-18H,3,8H2,1-2H3. The number of aryl methyl sites for hydroxylation is 1. The lowest BCUT2D eigenvalue weighted by Crippen LogP contribution is -2.13. The van der Waals surface area contributed by atoms with Crippen LogP contribution in [0.15, 0.2) is 35.4 Å². The number of sulfonamides is 1. The van der Waals surface area contributed by atoms with Crippen LogP contribution in [0.2, 0.25) is 0 Å². The molecule has 0 saturated heterocycles. The van der Waals surface area contributed by atoms with Crippen molar-refractivity contribution in [3.05, 3.63) is 47.5 Å². The molecular weight excluding hydrogens is 293 g/mol. The summed E-state index contributed by atoms with van der Waals surface area (Å²) in [6, 6.07) is 5.66. The minimum Gasteiger partial charge on any atom is -0.363 e. The van der Waals surface area contributed by atoms with Crippen molar-refractivity contribution in [3.63, 3.8) is 0 Å². The first-order chi connectivity index (χ1) is 9.92. The number of halogens is 1. The average Bonchev–Trinajstić information content (AvgIpc) is 2.90. The van der Waals surface area contributed by atoms with Gasteiger partial charge in [0.05, 0.1) is 0 Å². The Morgan fingerprint density at radius 2 is 2.05 bits per heavy atom. The lowest BCUT2D eigenvalue weighted by atomic mass is 10.2. The van der Waals surface area contributed by atoms with Crippen LogP contribution in [0.1, 0.15) is 18.2 Å². The number of aromatic nitrogens is 1. The highest BCUT2D eigenvalue weighted by atomic mass is 32.2. The molecule has 5 nitrogen and oxygen atoms in total. The maximum Gasteiger partial charge on any atom is 0.263 e. The normalized spacial score (nSPS) is 11.6. The predicted molar refractivity (Wildman–Crippen MR) is 80.1 cm³/mol. The zero-order chi connectivity index (χ0) is 15.5. The van der Waals surface area contributed by atoms with Crippen LogP contribution in [-0.4, -0.2) is 19.9 Å². The Bertz CT molecular complexity index is 726. The molecule has 0 amide bonds. The molecule has 0 aliphatic rings. The van der Waals surface area contributed by atoms with Gasteiger partial charge in [0.15, 0.2) is 0 Å². The Morgan fingerprint density at radius 3 is 2.71 bits per heavy atom. The summed E-state index contributed by atoms with van der Waals surface area (Å²) in [6.07, 6.45) is 1.44. The highest BCUT2D eigenvalue weighted by molar-refractivity contribution is 7.92. The summed E-state index contributed by atoms with van der Waals surface area (Å²) >= 11 is 0. The molecule has 2 rings (SSSR count). The number of hydrogen-bond acceptors (Lipinski definition) is 3. The van der Waals surface area contributed by atoms with Crippen molar-refractivity contribution in [2.75, 3.05) is 11.3 Å². The molecule has 21 heavy (non-hydrogen) atoms. The first-order valence-corrected chi connectivity index (χ1v) is 8.07. The summed E-state index contributed by atoms with van der Waals surface area (Å²) in [6.45, 7) is 4.92. The number of rotatable bonds is 6. The Labute approximate surface area is 123 Å². The maximum absolute atomic E-state index is 13.2. The first-order valence-electron chi connectivity index (χ1n) is 6.59. The lowest BCUT2D eigenvalue weighted by Gasteiger charge is -2.07. The van der Waals surface area contributed by atoms with E-state index in [1.165, 1.54) is 24.4 Å². The van der Waals surface area contributed by atoms with Gasteiger partial charge in [0.25, 0.3) is 10.0 Å². The van der Waals surface area contributed by atoms with Crippen LogP contribution in [0.4, 0.5) is 10.1 Å². The summed E-state index contributed by atoms with van der Waals surface area (Å²) in [5, 5.41) is 3.10. The quantitative estimate of drug-likeness (QED) is 0.767. The second-order valence-corrected chi connectivity index (χ2v) is 6.39. The fourth-order valence-corrected chi connectivity index (χ4v) is 2.92. The van der Waals surface area contributed by atoms with E-state index in [2.05, 4.69) is 15.0 Å². The molecule has 1 aromatic carbocycles. The Hall–Kier alpha value is -1.86. The van der Waals surface area contributed by atoms with Crippen LogP contribution in [0.5, 0.6) is 0 Å². The van der Waals surface area contributed by atoms with E-state index in [-0.39, 0.29) is 10.7 Å². The third kappa shape index (κ3) is 3.83. The third-order valence-corrected chi connectivity index (χ3v) is 4.36. The Kier molecular flexibility index (Phi) is 4.64. The van der Waals surface area contributed by atoms with Crippen LogP contribution >= 0.6 is 0 Å². The van der Waals surface area contributed by atoms with Crippen LogP contribution in [0, 0.1) is 12.7 Å². The molecule has 1 aromatic heterocycles. The summed E-state index contributed by atoms with van der Waals surface area (Å²) in [4.78, 5) is 3.06. The first kappa shape index (κ1) is 15.5. The Balaban J connectivity index is 2.17. The van der Waals surface area contributed by atoms with E-state index in [1.807, 2.05) is 6.92 Å². The van der Waals surface area contributed by atoms with Crippen molar-refractivity contribution in [2.45, 2.75) is 25.3 Å². The van der Waals surface area contributed by atoms with Gasteiger partial charge in [-0.15, -0.1) is 0 Å². The van der Waals surface area contributed by atoms with Crippen molar-refractivity contribution < 1.29 is 12.8 Å². The van der Waals surface area contributed by atoms with E-state index in [1.54, 1.807) is 13.0 Å². The molecule has 3 N–H and O–H groups in total. The number of anilines is 1. The second-order valence-electron chi connectivity index (χ2n) is 4.71. The van der Waals surface area contributed by atoms with E-state index in [9.17, 15) is 12.8 Å². The van der Waals surface area contributed by atoms with Crippen LogP contribution < -0.4 is 10.0 Å². The van der Waals surface area contributed by atoms with Gasteiger partial charge in [-0.3, -0.25) is 4.72 Å². The molecule has 0 bridgehead atoms. The third-order valence-electron chi connectivity index (χ3n) is 3.00. The second kappa shape index (κ2) is 6.28. The van der Waals surface area contributed by atoms with Crippen LogP contribution in [0.25, 0.3) is 0 Å². The van der Waals surface area contributed by atoms with Crippen molar-refractivity contribution in [2.24, 2.45) is 0 Å². The van der Waals surface area contributed by atoms with Gasteiger partial charge in [-0.2, -0.15) is 0 Å². The van der Waals surface area contributed by atoms with Gasteiger partial charge in [-0.1, -0.05) is 6.92 Å². The molecule has 0 aliphatic heterocycles. The molecule has 7 heteroatoms. The van der Waals surface area contributed by atoms with Gasteiger partial charge >= 0.3 is 0 Å². The molecule has 0 saturated carbocycles. The highest BCUT2D eigenvalue weighted by Gasteiger charge is 2.16. The van der Waals surface area contributed by atoms with Gasteiger partial charge in [0.1, 0.15) is 10.7 Å². The van der Waals surface area contributed by atoms with Gasteiger partial charge < -0.3 is 10.3 Å². The molecule has 0 radical (unpaired) electrons. The number of hydrogen-bond donors (Lipinski definition) is 3. The average molecular weight is 311 g/mol. The van der Waals surface area contributed by atoms with E-state index in [4.69, 9.17) is 0 Å². The number of aromatic amines is 1. The van der Waals surface area contributed by atoms with Crippen molar-refractivity contribution >= 4 is 15.7 Å². The fourth-order valence-electron chi connectivity index (χ4n) is 1.86. The van der Waals surface area contributed by atoms with Gasteiger partial charge in [0, 0.05) is 24.1 Å². The summed E-state index contributed by atoms with van der Waals surface area (Å²) in [7, 11) is -3.68. The molecule has 0 spiro atoms. The van der Waals surface area contributed by atoms with Gasteiger partial charge in [0.2, 0.25) is 0 Å².